The van der Waals surface area contributed by atoms with Gasteiger partial charge < -0.3 is 5.11 Å². The lowest BCUT2D eigenvalue weighted by Crippen LogP contribution is -2.02. The molecule has 1 atom stereocenters. The minimum atomic E-state index is -4.30. The van der Waals surface area contributed by atoms with Crippen LogP contribution in [0.2, 0.25) is 0 Å². The molecular formula is C15H12BrF3OS. The first-order chi connectivity index (χ1) is 9.83. The first kappa shape index (κ1) is 16.4. The third-order valence-corrected chi connectivity index (χ3v) is 4.05. The van der Waals surface area contributed by atoms with Gasteiger partial charge in [0.15, 0.2) is 0 Å². The van der Waals surface area contributed by atoms with Gasteiger partial charge >= 0.3 is 5.51 Å². The predicted octanol–water partition coefficient (Wildman–Crippen LogP) is 5.34. The van der Waals surface area contributed by atoms with E-state index in [4.69, 9.17) is 0 Å². The van der Waals surface area contributed by atoms with E-state index in [1.807, 2.05) is 24.3 Å². The van der Waals surface area contributed by atoms with Crippen LogP contribution in [0.1, 0.15) is 17.2 Å². The van der Waals surface area contributed by atoms with Crippen molar-refractivity contribution in [3.8, 4) is 0 Å². The van der Waals surface area contributed by atoms with Gasteiger partial charge in [0.05, 0.1) is 6.10 Å². The zero-order valence-corrected chi connectivity index (χ0v) is 13.2. The van der Waals surface area contributed by atoms with Crippen molar-refractivity contribution in [2.45, 2.75) is 22.9 Å². The van der Waals surface area contributed by atoms with Gasteiger partial charge in [0, 0.05) is 15.8 Å². The second-order valence-electron chi connectivity index (χ2n) is 4.47. The van der Waals surface area contributed by atoms with E-state index in [1.54, 1.807) is 0 Å². The Morgan fingerprint density at radius 2 is 1.76 bits per heavy atom. The second-order valence-corrected chi connectivity index (χ2v) is 6.52. The molecule has 0 fully saturated rings. The average Bonchev–Trinajstić information content (AvgIpc) is 2.37. The Bertz CT molecular complexity index is 599. The quantitative estimate of drug-likeness (QED) is 0.727. The highest BCUT2D eigenvalue weighted by Crippen LogP contribution is 2.37. The molecule has 0 aliphatic carbocycles. The van der Waals surface area contributed by atoms with E-state index in [0.717, 1.165) is 10.0 Å². The summed E-state index contributed by atoms with van der Waals surface area (Å²) in [6.07, 6.45) is -0.338. The van der Waals surface area contributed by atoms with Crippen LogP contribution in [0.15, 0.2) is 57.9 Å². The molecule has 2 aromatic rings. The average molecular weight is 377 g/mol. The van der Waals surface area contributed by atoms with Gasteiger partial charge in [0.1, 0.15) is 0 Å². The number of thioether (sulfide) groups is 1. The van der Waals surface area contributed by atoms with E-state index in [2.05, 4.69) is 15.9 Å². The van der Waals surface area contributed by atoms with E-state index in [0.29, 0.717) is 12.0 Å². The highest BCUT2D eigenvalue weighted by atomic mass is 79.9. The van der Waals surface area contributed by atoms with E-state index in [1.165, 1.54) is 24.3 Å². The molecule has 0 aromatic heterocycles. The van der Waals surface area contributed by atoms with Crippen LogP contribution in [0, 0.1) is 0 Å². The fourth-order valence-corrected chi connectivity index (χ4v) is 2.88. The molecule has 0 spiro atoms. The summed E-state index contributed by atoms with van der Waals surface area (Å²) >= 11 is 3.19. The summed E-state index contributed by atoms with van der Waals surface area (Å²) in [4.78, 5) is 0.112. The Labute approximate surface area is 133 Å². The second kappa shape index (κ2) is 6.85. The summed E-state index contributed by atoms with van der Waals surface area (Å²) in [5.74, 6) is 0. The number of rotatable bonds is 4. The summed E-state index contributed by atoms with van der Waals surface area (Å²) < 4.78 is 37.6. The number of aliphatic hydroxyl groups excluding tert-OH is 1. The molecule has 0 amide bonds. The maximum atomic E-state index is 12.2. The minimum Gasteiger partial charge on any atom is -0.388 e. The standard InChI is InChI=1S/C15H12BrF3OS/c16-12-3-1-2-10(8-12)9-14(20)11-4-6-13(7-5-11)21-15(17,18)19/h1-8,14,20H,9H2. The van der Waals surface area contributed by atoms with Crippen molar-refractivity contribution >= 4 is 27.7 Å². The van der Waals surface area contributed by atoms with Crippen molar-refractivity contribution in [3.05, 3.63) is 64.1 Å². The fourth-order valence-electron chi connectivity index (χ4n) is 1.90. The SMILES string of the molecule is OC(Cc1cccc(Br)c1)c1ccc(SC(F)(F)F)cc1. The van der Waals surface area contributed by atoms with Gasteiger partial charge in [-0.15, -0.1) is 0 Å². The maximum Gasteiger partial charge on any atom is 0.446 e. The van der Waals surface area contributed by atoms with Crippen LogP contribution in [0.5, 0.6) is 0 Å². The van der Waals surface area contributed by atoms with Crippen LogP contribution in [-0.2, 0) is 6.42 Å². The zero-order valence-electron chi connectivity index (χ0n) is 10.8. The van der Waals surface area contributed by atoms with Crippen LogP contribution in [0.25, 0.3) is 0 Å². The molecule has 1 unspecified atom stereocenters. The van der Waals surface area contributed by atoms with Gasteiger partial charge in [-0.2, -0.15) is 13.2 Å². The number of alkyl halides is 3. The minimum absolute atomic E-state index is 0.112. The Kier molecular flexibility index (Phi) is 5.35. The van der Waals surface area contributed by atoms with E-state index in [-0.39, 0.29) is 16.7 Å². The summed E-state index contributed by atoms with van der Waals surface area (Å²) in [6.45, 7) is 0. The van der Waals surface area contributed by atoms with E-state index >= 15 is 0 Å². The molecule has 0 aliphatic rings. The van der Waals surface area contributed by atoms with Gasteiger partial charge in [0.2, 0.25) is 0 Å². The van der Waals surface area contributed by atoms with E-state index < -0.39 is 11.6 Å². The van der Waals surface area contributed by atoms with Gasteiger partial charge in [0.25, 0.3) is 0 Å². The summed E-state index contributed by atoms with van der Waals surface area (Å²) in [7, 11) is 0. The molecule has 1 N–H and O–H groups in total. The number of aliphatic hydroxyl groups is 1. The van der Waals surface area contributed by atoms with Crippen LogP contribution in [0.4, 0.5) is 13.2 Å². The van der Waals surface area contributed by atoms with Crippen molar-refractivity contribution in [3.63, 3.8) is 0 Å². The molecule has 6 heteroatoms. The molecule has 0 aliphatic heterocycles. The lowest BCUT2D eigenvalue weighted by atomic mass is 10.0. The fraction of sp³-hybridized carbons (Fsp3) is 0.200. The van der Waals surface area contributed by atoms with Crippen molar-refractivity contribution in [1.82, 2.24) is 0 Å². The third-order valence-electron chi connectivity index (χ3n) is 2.82. The third kappa shape index (κ3) is 5.37. The van der Waals surface area contributed by atoms with Gasteiger partial charge in [-0.05, 0) is 47.2 Å². The first-order valence-electron chi connectivity index (χ1n) is 6.12. The van der Waals surface area contributed by atoms with Crippen molar-refractivity contribution < 1.29 is 18.3 Å². The Balaban J connectivity index is 2.04. The van der Waals surface area contributed by atoms with Gasteiger partial charge in [-0.1, -0.05) is 40.2 Å². The summed E-state index contributed by atoms with van der Waals surface area (Å²) in [6, 6.07) is 13.3. The van der Waals surface area contributed by atoms with Crippen LogP contribution in [-0.4, -0.2) is 10.6 Å². The predicted molar refractivity (Wildman–Crippen MR) is 81.2 cm³/mol. The molecule has 2 rings (SSSR count). The molecule has 112 valence electrons. The Morgan fingerprint density at radius 1 is 1.10 bits per heavy atom. The largest absolute Gasteiger partial charge is 0.446 e. The molecular weight excluding hydrogens is 365 g/mol. The van der Waals surface area contributed by atoms with Crippen molar-refractivity contribution in [2.24, 2.45) is 0 Å². The molecule has 0 saturated heterocycles. The maximum absolute atomic E-state index is 12.2. The number of hydrogen-bond donors (Lipinski definition) is 1. The molecule has 0 heterocycles. The van der Waals surface area contributed by atoms with Crippen LogP contribution >= 0.6 is 27.7 Å². The Morgan fingerprint density at radius 3 is 2.33 bits per heavy atom. The monoisotopic (exact) mass is 376 g/mol. The normalized spacial score (nSPS) is 13.2. The van der Waals surface area contributed by atoms with E-state index in [9.17, 15) is 18.3 Å². The molecule has 0 radical (unpaired) electrons. The highest BCUT2D eigenvalue weighted by molar-refractivity contribution is 9.10. The number of hydrogen-bond acceptors (Lipinski definition) is 2. The lowest BCUT2D eigenvalue weighted by Gasteiger charge is -2.12. The van der Waals surface area contributed by atoms with Gasteiger partial charge in [-0.25, -0.2) is 0 Å². The number of benzene rings is 2. The molecule has 2 aromatic carbocycles. The topological polar surface area (TPSA) is 20.2 Å². The molecule has 0 saturated carbocycles. The van der Waals surface area contributed by atoms with Crippen molar-refractivity contribution in [1.29, 1.82) is 0 Å². The Hall–Kier alpha value is -0.980. The van der Waals surface area contributed by atoms with Crippen LogP contribution < -0.4 is 0 Å². The lowest BCUT2D eigenvalue weighted by molar-refractivity contribution is -0.0328. The van der Waals surface area contributed by atoms with Crippen LogP contribution in [0.3, 0.4) is 0 Å². The summed E-state index contributed by atoms with van der Waals surface area (Å²) in [5, 5.41) is 10.1. The molecule has 0 bridgehead atoms. The zero-order chi connectivity index (χ0) is 15.5. The van der Waals surface area contributed by atoms with Crippen molar-refractivity contribution in [2.75, 3.05) is 0 Å². The smallest absolute Gasteiger partial charge is 0.388 e. The number of halogens is 4. The highest BCUT2D eigenvalue weighted by Gasteiger charge is 2.29. The molecule has 21 heavy (non-hydrogen) atoms. The molecule has 1 nitrogen and oxygen atoms in total. The summed E-state index contributed by atoms with van der Waals surface area (Å²) in [5.41, 5.74) is -2.75. The first-order valence-corrected chi connectivity index (χ1v) is 7.73. The van der Waals surface area contributed by atoms with Gasteiger partial charge in [-0.3, -0.25) is 0 Å².